The molecule has 2 heterocycles. The van der Waals surface area contributed by atoms with Crippen LogP contribution >= 0.6 is 0 Å². The molecule has 0 aromatic carbocycles. The van der Waals surface area contributed by atoms with E-state index in [0.29, 0.717) is 44.8 Å². The number of hydrogen-bond donors (Lipinski definition) is 1. The molecule has 1 N–H and O–H groups in total. The molecule has 0 saturated carbocycles. The largest absolute Gasteiger partial charge is 0.469 e. The van der Waals surface area contributed by atoms with E-state index in [1.54, 1.807) is 6.92 Å². The zero-order valence-corrected chi connectivity index (χ0v) is 13.0. The average molecular weight is 316 g/mol. The summed E-state index contributed by atoms with van der Waals surface area (Å²) in [6.07, 6.45) is 1.67. The monoisotopic (exact) mass is 316 g/mol. The number of ether oxygens (including phenoxy) is 1. The fourth-order valence-corrected chi connectivity index (χ4v) is 3.82. The van der Waals surface area contributed by atoms with Gasteiger partial charge in [0, 0.05) is 32.7 Å². The van der Waals surface area contributed by atoms with Gasteiger partial charge < -0.3 is 9.64 Å². The highest BCUT2D eigenvalue weighted by molar-refractivity contribution is 7.89. The van der Waals surface area contributed by atoms with Gasteiger partial charge in [-0.1, -0.05) is 0 Å². The molecule has 1 aromatic rings. The first kappa shape index (κ1) is 15.9. The van der Waals surface area contributed by atoms with E-state index in [1.807, 2.05) is 0 Å². The van der Waals surface area contributed by atoms with Gasteiger partial charge in [0.05, 0.1) is 25.4 Å². The van der Waals surface area contributed by atoms with Crippen molar-refractivity contribution in [2.45, 2.75) is 18.2 Å². The number of H-pyrrole nitrogens is 1. The van der Waals surface area contributed by atoms with Gasteiger partial charge in [0.1, 0.15) is 4.90 Å². The minimum Gasteiger partial charge on any atom is -0.469 e. The number of nitrogens with zero attached hydrogens (tertiary/aromatic N) is 3. The minimum absolute atomic E-state index is 0.227. The van der Waals surface area contributed by atoms with Crippen molar-refractivity contribution < 1.29 is 17.9 Å². The molecule has 8 nitrogen and oxygen atoms in total. The quantitative estimate of drug-likeness (QED) is 0.742. The van der Waals surface area contributed by atoms with Crippen molar-refractivity contribution in [3.63, 3.8) is 0 Å². The Balaban J connectivity index is 1.92. The number of sulfonamides is 1. The maximum absolute atomic E-state index is 12.5. The van der Waals surface area contributed by atoms with Gasteiger partial charge in [-0.05, 0) is 6.92 Å². The number of aryl methyl sites for hydroxylation is 1. The van der Waals surface area contributed by atoms with Gasteiger partial charge in [-0.2, -0.15) is 9.40 Å². The highest BCUT2D eigenvalue weighted by Crippen LogP contribution is 2.19. The lowest BCUT2D eigenvalue weighted by Crippen LogP contribution is -2.49. The van der Waals surface area contributed by atoms with Gasteiger partial charge in [-0.3, -0.25) is 9.89 Å². The van der Waals surface area contributed by atoms with Crippen LogP contribution in [-0.4, -0.2) is 73.6 Å². The van der Waals surface area contributed by atoms with Crippen LogP contribution in [0.25, 0.3) is 0 Å². The summed E-state index contributed by atoms with van der Waals surface area (Å²) in [4.78, 5) is 13.4. The topological polar surface area (TPSA) is 95.6 Å². The van der Waals surface area contributed by atoms with E-state index in [-0.39, 0.29) is 10.9 Å². The van der Waals surface area contributed by atoms with Gasteiger partial charge in [0.2, 0.25) is 10.0 Å². The summed E-state index contributed by atoms with van der Waals surface area (Å²) < 4.78 is 31.0. The molecule has 118 valence electrons. The lowest BCUT2D eigenvalue weighted by Gasteiger charge is -2.33. The standard InChI is InChI=1S/C12H20N4O4S/c1-10-11(9-13-14-10)21(18,19)16-7-5-15(6-8-16)4-3-12(17)20-2/h9H,3-8H2,1-2H3,(H,13,14). The van der Waals surface area contributed by atoms with E-state index in [4.69, 9.17) is 0 Å². The number of methoxy groups -OCH3 is 1. The summed E-state index contributed by atoms with van der Waals surface area (Å²) in [6.45, 7) is 4.31. The Kier molecular flexibility index (Phi) is 4.96. The van der Waals surface area contributed by atoms with Gasteiger partial charge in [0.15, 0.2) is 0 Å². The van der Waals surface area contributed by atoms with Crippen molar-refractivity contribution in [3.8, 4) is 0 Å². The van der Waals surface area contributed by atoms with E-state index >= 15 is 0 Å². The molecule has 9 heteroatoms. The molecule has 0 atom stereocenters. The second kappa shape index (κ2) is 6.54. The molecule has 1 aliphatic rings. The summed E-state index contributed by atoms with van der Waals surface area (Å²) in [5.41, 5.74) is 0.545. The highest BCUT2D eigenvalue weighted by atomic mass is 32.2. The first-order valence-electron chi connectivity index (χ1n) is 6.74. The normalized spacial score (nSPS) is 17.8. The Morgan fingerprint density at radius 1 is 1.38 bits per heavy atom. The SMILES string of the molecule is COC(=O)CCN1CCN(S(=O)(=O)c2cn[nH]c2C)CC1. The zero-order valence-electron chi connectivity index (χ0n) is 12.2. The lowest BCUT2D eigenvalue weighted by molar-refractivity contribution is -0.141. The third-order valence-corrected chi connectivity index (χ3v) is 5.60. The number of aromatic amines is 1. The fraction of sp³-hybridized carbons (Fsp3) is 0.667. The molecule has 0 spiro atoms. The lowest BCUT2D eigenvalue weighted by atomic mass is 10.3. The number of nitrogens with one attached hydrogen (secondary N) is 1. The van der Waals surface area contributed by atoms with Crippen LogP contribution in [-0.2, 0) is 19.6 Å². The van der Waals surface area contributed by atoms with E-state index in [1.165, 1.54) is 17.6 Å². The Hall–Kier alpha value is -1.45. The molecule has 1 aliphatic heterocycles. The van der Waals surface area contributed by atoms with Crippen LogP contribution in [0.4, 0.5) is 0 Å². The molecule has 2 rings (SSSR count). The first-order chi connectivity index (χ1) is 9.95. The molecule has 0 radical (unpaired) electrons. The number of carbonyl (C=O) groups is 1. The van der Waals surface area contributed by atoms with E-state index < -0.39 is 10.0 Å². The molecule has 1 saturated heterocycles. The first-order valence-corrected chi connectivity index (χ1v) is 8.18. The van der Waals surface area contributed by atoms with Crippen molar-refractivity contribution in [2.24, 2.45) is 0 Å². The summed E-state index contributed by atoms with van der Waals surface area (Å²) in [6, 6.07) is 0. The Bertz CT molecular complexity index is 590. The maximum atomic E-state index is 12.5. The molecule has 21 heavy (non-hydrogen) atoms. The number of piperazine rings is 1. The molecule has 0 bridgehead atoms. The maximum Gasteiger partial charge on any atom is 0.306 e. The van der Waals surface area contributed by atoms with Crippen LogP contribution in [0.1, 0.15) is 12.1 Å². The van der Waals surface area contributed by atoms with Crippen LogP contribution < -0.4 is 0 Å². The number of rotatable bonds is 5. The average Bonchev–Trinajstić information content (AvgIpc) is 2.92. The van der Waals surface area contributed by atoms with Crippen LogP contribution in [0.15, 0.2) is 11.1 Å². The number of carbonyl (C=O) groups excluding carboxylic acids is 1. The van der Waals surface area contributed by atoms with Crippen molar-refractivity contribution >= 4 is 16.0 Å². The predicted molar refractivity (Wildman–Crippen MR) is 75.2 cm³/mol. The second-order valence-electron chi connectivity index (χ2n) is 4.93. The smallest absolute Gasteiger partial charge is 0.306 e. The zero-order chi connectivity index (χ0) is 15.5. The molecular weight excluding hydrogens is 296 g/mol. The van der Waals surface area contributed by atoms with Crippen LogP contribution in [0.2, 0.25) is 0 Å². The van der Waals surface area contributed by atoms with Crippen molar-refractivity contribution in [2.75, 3.05) is 39.8 Å². The third kappa shape index (κ3) is 3.60. The van der Waals surface area contributed by atoms with Crippen LogP contribution in [0, 0.1) is 6.92 Å². The molecule has 0 unspecified atom stereocenters. The summed E-state index contributed by atoms with van der Waals surface area (Å²) >= 11 is 0. The molecule has 1 fully saturated rings. The molecular formula is C12H20N4O4S. The van der Waals surface area contributed by atoms with Crippen molar-refractivity contribution in [1.29, 1.82) is 0 Å². The number of aromatic nitrogens is 2. The van der Waals surface area contributed by atoms with Crippen molar-refractivity contribution in [1.82, 2.24) is 19.4 Å². The van der Waals surface area contributed by atoms with E-state index in [0.717, 1.165) is 0 Å². The Morgan fingerprint density at radius 2 is 2.05 bits per heavy atom. The molecule has 0 aliphatic carbocycles. The van der Waals surface area contributed by atoms with E-state index in [2.05, 4.69) is 19.8 Å². The Labute approximate surface area is 124 Å². The number of hydrogen-bond acceptors (Lipinski definition) is 6. The van der Waals surface area contributed by atoms with Crippen LogP contribution in [0.5, 0.6) is 0 Å². The molecule has 0 amide bonds. The third-order valence-electron chi connectivity index (χ3n) is 3.59. The summed E-state index contributed by atoms with van der Waals surface area (Å²) in [5.74, 6) is -0.251. The number of esters is 1. The van der Waals surface area contributed by atoms with Crippen molar-refractivity contribution in [3.05, 3.63) is 11.9 Å². The van der Waals surface area contributed by atoms with Gasteiger partial charge in [-0.25, -0.2) is 8.42 Å². The Morgan fingerprint density at radius 3 is 2.57 bits per heavy atom. The summed E-state index contributed by atoms with van der Waals surface area (Å²) in [7, 11) is -2.13. The second-order valence-corrected chi connectivity index (χ2v) is 6.84. The predicted octanol–water partition coefficient (Wildman–Crippen LogP) is -0.412. The van der Waals surface area contributed by atoms with Gasteiger partial charge in [-0.15, -0.1) is 0 Å². The van der Waals surface area contributed by atoms with Gasteiger partial charge >= 0.3 is 5.97 Å². The van der Waals surface area contributed by atoms with Crippen LogP contribution in [0.3, 0.4) is 0 Å². The van der Waals surface area contributed by atoms with Gasteiger partial charge in [0.25, 0.3) is 0 Å². The minimum atomic E-state index is -3.49. The van der Waals surface area contributed by atoms with E-state index in [9.17, 15) is 13.2 Å². The summed E-state index contributed by atoms with van der Waals surface area (Å²) in [5, 5.41) is 6.41. The highest BCUT2D eigenvalue weighted by Gasteiger charge is 2.30. The fourth-order valence-electron chi connectivity index (χ4n) is 2.28. The molecule has 1 aromatic heterocycles.